The van der Waals surface area contributed by atoms with Crippen LogP contribution < -0.4 is 14.8 Å². The molecule has 2 aliphatic rings. The Labute approximate surface area is 157 Å². The van der Waals surface area contributed by atoms with Crippen LogP contribution >= 0.6 is 0 Å². The van der Waals surface area contributed by atoms with E-state index < -0.39 is 21.8 Å². The van der Waals surface area contributed by atoms with E-state index in [0.29, 0.717) is 23.6 Å². The second-order valence-corrected chi connectivity index (χ2v) is 8.59. The van der Waals surface area contributed by atoms with E-state index in [1.165, 1.54) is 14.2 Å². The van der Waals surface area contributed by atoms with E-state index in [9.17, 15) is 18.0 Å². The Balaban J connectivity index is 1.80. The third-order valence-electron chi connectivity index (χ3n) is 4.53. The lowest BCUT2D eigenvalue weighted by Gasteiger charge is -2.27. The Bertz CT molecular complexity index is 896. The smallest absolute Gasteiger partial charge is 0.271 e. The van der Waals surface area contributed by atoms with Gasteiger partial charge in [0.05, 0.1) is 37.5 Å². The van der Waals surface area contributed by atoms with Crippen molar-refractivity contribution in [1.29, 1.82) is 0 Å². The summed E-state index contributed by atoms with van der Waals surface area (Å²) in [4.78, 5) is 24.8. The number of amides is 2. The van der Waals surface area contributed by atoms with Gasteiger partial charge in [0.15, 0.2) is 9.84 Å². The lowest BCUT2D eigenvalue weighted by molar-refractivity contribution is -0.133. The zero-order valence-corrected chi connectivity index (χ0v) is 15.9. The van der Waals surface area contributed by atoms with E-state index in [1.807, 2.05) is 0 Å². The van der Waals surface area contributed by atoms with Gasteiger partial charge in [-0.2, -0.15) is 5.10 Å². The standard InChI is InChI=1S/C17H21N3O6S/c1-25-12-3-5-15(26-2)14(9-12)18-17(22)13-4-6-16(21)20(19-13)11-7-8-27(23,24)10-11/h3,5,9,11H,4,6-8,10H2,1-2H3,(H,18,22)/t11-/m1/s1. The first-order chi connectivity index (χ1) is 12.8. The summed E-state index contributed by atoms with van der Waals surface area (Å²) < 4.78 is 33.8. The monoisotopic (exact) mass is 395 g/mol. The number of anilines is 1. The van der Waals surface area contributed by atoms with Crippen molar-refractivity contribution in [3.63, 3.8) is 0 Å². The summed E-state index contributed by atoms with van der Waals surface area (Å²) in [5.74, 6) is 0.160. The first-order valence-corrected chi connectivity index (χ1v) is 10.3. The van der Waals surface area contributed by atoms with Crippen LogP contribution in [-0.2, 0) is 19.4 Å². The van der Waals surface area contributed by atoms with Gasteiger partial charge < -0.3 is 14.8 Å². The Morgan fingerprint density at radius 3 is 2.67 bits per heavy atom. The van der Waals surface area contributed by atoms with Crippen LogP contribution in [0.15, 0.2) is 23.3 Å². The van der Waals surface area contributed by atoms with Gasteiger partial charge in [0.25, 0.3) is 5.91 Å². The molecule has 27 heavy (non-hydrogen) atoms. The van der Waals surface area contributed by atoms with Gasteiger partial charge in [-0.05, 0) is 18.6 Å². The second-order valence-electron chi connectivity index (χ2n) is 6.36. The predicted octanol–water partition coefficient (Wildman–Crippen LogP) is 0.808. The molecule has 0 saturated carbocycles. The number of sulfone groups is 1. The molecule has 9 nitrogen and oxygen atoms in total. The van der Waals surface area contributed by atoms with Crippen molar-refractivity contribution in [3.8, 4) is 11.5 Å². The van der Waals surface area contributed by atoms with Crippen molar-refractivity contribution >= 4 is 33.1 Å². The third-order valence-corrected chi connectivity index (χ3v) is 6.28. The number of nitrogens with one attached hydrogen (secondary N) is 1. The summed E-state index contributed by atoms with van der Waals surface area (Å²) in [7, 11) is -0.171. The fourth-order valence-corrected chi connectivity index (χ4v) is 4.79. The molecule has 1 aromatic rings. The number of hydrazone groups is 1. The minimum Gasteiger partial charge on any atom is -0.497 e. The predicted molar refractivity (Wildman–Crippen MR) is 98.7 cm³/mol. The summed E-state index contributed by atoms with van der Waals surface area (Å²) in [6.07, 6.45) is 0.626. The molecule has 0 aromatic heterocycles. The number of methoxy groups -OCH3 is 2. The van der Waals surface area contributed by atoms with Crippen molar-refractivity contribution in [1.82, 2.24) is 5.01 Å². The third kappa shape index (κ3) is 4.21. The highest BCUT2D eigenvalue weighted by atomic mass is 32.2. The molecule has 1 aromatic carbocycles. The topological polar surface area (TPSA) is 114 Å². The summed E-state index contributed by atoms with van der Waals surface area (Å²) in [5, 5.41) is 8.03. The molecule has 2 heterocycles. The number of hydrogen-bond acceptors (Lipinski definition) is 7. The van der Waals surface area contributed by atoms with E-state index in [0.717, 1.165) is 5.01 Å². The first kappa shape index (κ1) is 19.2. The number of benzene rings is 1. The van der Waals surface area contributed by atoms with Gasteiger partial charge in [-0.25, -0.2) is 13.4 Å². The molecule has 1 N–H and O–H groups in total. The molecular formula is C17H21N3O6S. The minimum atomic E-state index is -3.17. The SMILES string of the molecule is COc1ccc(OC)c(NC(=O)C2=NN([C@@H]3CCS(=O)(=O)C3)C(=O)CC2)c1. The van der Waals surface area contributed by atoms with Crippen molar-refractivity contribution in [2.45, 2.75) is 25.3 Å². The maximum absolute atomic E-state index is 12.6. The largest absolute Gasteiger partial charge is 0.497 e. The van der Waals surface area contributed by atoms with Gasteiger partial charge in [-0.1, -0.05) is 0 Å². The van der Waals surface area contributed by atoms with Gasteiger partial charge in [-0.15, -0.1) is 0 Å². The zero-order valence-electron chi connectivity index (χ0n) is 15.1. The molecule has 3 rings (SSSR count). The molecule has 2 amide bonds. The van der Waals surface area contributed by atoms with Crippen LogP contribution in [0, 0.1) is 0 Å². The molecular weight excluding hydrogens is 374 g/mol. The van der Waals surface area contributed by atoms with Crippen LogP contribution in [0.2, 0.25) is 0 Å². The normalized spacial score (nSPS) is 21.6. The lowest BCUT2D eigenvalue weighted by Crippen LogP contribution is -2.42. The Morgan fingerprint density at radius 1 is 1.26 bits per heavy atom. The molecule has 10 heteroatoms. The average Bonchev–Trinajstić information content (AvgIpc) is 3.01. The van der Waals surface area contributed by atoms with E-state index in [2.05, 4.69) is 10.4 Å². The van der Waals surface area contributed by atoms with E-state index in [1.54, 1.807) is 18.2 Å². The van der Waals surface area contributed by atoms with Crippen molar-refractivity contribution in [2.75, 3.05) is 31.0 Å². The minimum absolute atomic E-state index is 0.0273. The van der Waals surface area contributed by atoms with Crippen LogP contribution in [0.1, 0.15) is 19.3 Å². The lowest BCUT2D eigenvalue weighted by atomic mass is 10.1. The number of rotatable bonds is 5. The number of carbonyl (C=O) groups is 2. The van der Waals surface area contributed by atoms with Gasteiger partial charge in [-0.3, -0.25) is 9.59 Å². The number of hydrogen-bond donors (Lipinski definition) is 1. The number of nitrogens with zero attached hydrogens (tertiary/aromatic N) is 2. The maximum Gasteiger partial charge on any atom is 0.271 e. The van der Waals surface area contributed by atoms with E-state index in [-0.39, 0.29) is 36.0 Å². The molecule has 146 valence electrons. The van der Waals surface area contributed by atoms with E-state index >= 15 is 0 Å². The Kier molecular flexibility index (Phi) is 5.36. The van der Waals surface area contributed by atoms with Crippen LogP contribution in [0.25, 0.3) is 0 Å². The average molecular weight is 395 g/mol. The van der Waals surface area contributed by atoms with Crippen molar-refractivity contribution in [3.05, 3.63) is 18.2 Å². The number of ether oxygens (including phenoxy) is 2. The summed E-state index contributed by atoms with van der Waals surface area (Å²) >= 11 is 0. The van der Waals surface area contributed by atoms with Gasteiger partial charge in [0, 0.05) is 18.9 Å². The molecule has 0 bridgehead atoms. The molecule has 0 aliphatic carbocycles. The number of carbonyl (C=O) groups excluding carboxylic acids is 2. The molecule has 0 radical (unpaired) electrons. The van der Waals surface area contributed by atoms with Crippen LogP contribution in [-0.4, -0.2) is 62.7 Å². The van der Waals surface area contributed by atoms with Gasteiger partial charge >= 0.3 is 0 Å². The first-order valence-electron chi connectivity index (χ1n) is 8.46. The van der Waals surface area contributed by atoms with E-state index in [4.69, 9.17) is 9.47 Å². The Hall–Kier alpha value is -2.62. The van der Waals surface area contributed by atoms with Crippen LogP contribution in [0.3, 0.4) is 0 Å². The second kappa shape index (κ2) is 7.55. The fraction of sp³-hybridized carbons (Fsp3) is 0.471. The van der Waals surface area contributed by atoms with Crippen LogP contribution in [0.5, 0.6) is 11.5 Å². The molecule has 0 spiro atoms. The van der Waals surface area contributed by atoms with Crippen molar-refractivity contribution in [2.24, 2.45) is 5.10 Å². The quantitative estimate of drug-likeness (QED) is 0.789. The zero-order chi connectivity index (χ0) is 19.6. The molecule has 1 atom stereocenters. The van der Waals surface area contributed by atoms with Crippen LogP contribution in [0.4, 0.5) is 5.69 Å². The van der Waals surface area contributed by atoms with Gasteiger partial charge in [0.2, 0.25) is 5.91 Å². The summed E-state index contributed by atoms with van der Waals surface area (Å²) in [6, 6.07) is 4.47. The molecule has 1 fully saturated rings. The molecule has 0 unspecified atom stereocenters. The Morgan fingerprint density at radius 2 is 2.04 bits per heavy atom. The molecule has 2 aliphatic heterocycles. The highest BCUT2D eigenvalue weighted by Gasteiger charge is 2.37. The van der Waals surface area contributed by atoms with Crippen molar-refractivity contribution < 1.29 is 27.5 Å². The molecule has 1 saturated heterocycles. The maximum atomic E-state index is 12.6. The fourth-order valence-electron chi connectivity index (χ4n) is 3.09. The highest BCUT2D eigenvalue weighted by molar-refractivity contribution is 7.91. The highest BCUT2D eigenvalue weighted by Crippen LogP contribution is 2.29. The summed E-state index contributed by atoms with van der Waals surface area (Å²) in [5.41, 5.74) is 0.584. The summed E-state index contributed by atoms with van der Waals surface area (Å²) in [6.45, 7) is 0. The van der Waals surface area contributed by atoms with Gasteiger partial charge in [0.1, 0.15) is 17.2 Å².